The Kier molecular flexibility index (Phi) is 4.41. The summed E-state index contributed by atoms with van der Waals surface area (Å²) < 4.78 is 0. The van der Waals surface area contributed by atoms with Crippen molar-refractivity contribution in [2.24, 2.45) is 0 Å². The molecular weight excluding hydrogens is 360 g/mol. The molecule has 4 rings (SSSR count). The SMILES string of the molecule is Cc1c(C(=O)Nc2ccccc2)sc2c1[C@H](c1cccc(O)c1)CC(=O)N2. The van der Waals surface area contributed by atoms with E-state index in [1.54, 1.807) is 18.2 Å². The third-order valence-electron chi connectivity index (χ3n) is 4.69. The van der Waals surface area contributed by atoms with Crippen molar-refractivity contribution in [1.82, 2.24) is 0 Å². The van der Waals surface area contributed by atoms with Crippen molar-refractivity contribution in [1.29, 1.82) is 0 Å². The molecule has 1 aromatic heterocycles. The van der Waals surface area contributed by atoms with Crippen LogP contribution in [0.4, 0.5) is 10.7 Å². The number of hydrogen-bond donors (Lipinski definition) is 3. The molecule has 0 spiro atoms. The Morgan fingerprint density at radius 3 is 2.70 bits per heavy atom. The number of aromatic hydroxyl groups is 1. The first-order valence-electron chi connectivity index (χ1n) is 8.61. The van der Waals surface area contributed by atoms with Gasteiger partial charge in [-0.05, 0) is 47.9 Å². The Balaban J connectivity index is 1.73. The minimum Gasteiger partial charge on any atom is -0.508 e. The van der Waals surface area contributed by atoms with Crippen molar-refractivity contribution in [3.8, 4) is 5.75 Å². The van der Waals surface area contributed by atoms with E-state index < -0.39 is 0 Å². The molecule has 0 radical (unpaired) electrons. The smallest absolute Gasteiger partial charge is 0.266 e. The number of phenols is 1. The molecule has 136 valence electrons. The van der Waals surface area contributed by atoms with Gasteiger partial charge in [0.1, 0.15) is 5.75 Å². The molecule has 1 aliphatic rings. The summed E-state index contributed by atoms with van der Waals surface area (Å²) in [5.41, 5.74) is 3.39. The van der Waals surface area contributed by atoms with Gasteiger partial charge in [0, 0.05) is 18.0 Å². The highest BCUT2D eigenvalue weighted by molar-refractivity contribution is 7.18. The fourth-order valence-electron chi connectivity index (χ4n) is 3.46. The average Bonchev–Trinajstić information content (AvgIpc) is 2.98. The second-order valence-corrected chi connectivity index (χ2v) is 7.54. The highest BCUT2D eigenvalue weighted by Crippen LogP contribution is 2.45. The van der Waals surface area contributed by atoms with Crippen molar-refractivity contribution in [2.45, 2.75) is 19.3 Å². The highest BCUT2D eigenvalue weighted by atomic mass is 32.1. The van der Waals surface area contributed by atoms with Crippen LogP contribution in [0.15, 0.2) is 54.6 Å². The van der Waals surface area contributed by atoms with Crippen LogP contribution in [0, 0.1) is 6.92 Å². The molecule has 0 bridgehead atoms. The van der Waals surface area contributed by atoms with Gasteiger partial charge in [-0.1, -0.05) is 30.3 Å². The van der Waals surface area contributed by atoms with Gasteiger partial charge in [0.25, 0.3) is 5.91 Å². The number of benzene rings is 2. The predicted molar refractivity (Wildman–Crippen MR) is 107 cm³/mol. The first-order chi connectivity index (χ1) is 13.0. The van der Waals surface area contributed by atoms with Crippen LogP contribution in [0.1, 0.15) is 38.7 Å². The number of nitrogens with one attached hydrogen (secondary N) is 2. The number of rotatable bonds is 3. The minimum absolute atomic E-state index is 0.0906. The zero-order valence-electron chi connectivity index (χ0n) is 14.7. The maximum Gasteiger partial charge on any atom is 0.266 e. The molecule has 2 aromatic carbocycles. The summed E-state index contributed by atoms with van der Waals surface area (Å²) >= 11 is 1.29. The van der Waals surface area contributed by atoms with Gasteiger partial charge in [-0.15, -0.1) is 11.3 Å². The molecule has 3 aromatic rings. The first kappa shape index (κ1) is 17.3. The topological polar surface area (TPSA) is 78.4 Å². The van der Waals surface area contributed by atoms with E-state index >= 15 is 0 Å². The Hall–Kier alpha value is -3.12. The molecule has 1 aliphatic heterocycles. The lowest BCUT2D eigenvalue weighted by Crippen LogP contribution is -2.22. The second-order valence-electron chi connectivity index (χ2n) is 6.52. The zero-order valence-corrected chi connectivity index (χ0v) is 15.5. The van der Waals surface area contributed by atoms with E-state index in [1.165, 1.54) is 11.3 Å². The van der Waals surface area contributed by atoms with Crippen LogP contribution in [-0.4, -0.2) is 16.9 Å². The number of para-hydroxylation sites is 1. The van der Waals surface area contributed by atoms with Gasteiger partial charge >= 0.3 is 0 Å². The maximum absolute atomic E-state index is 12.8. The molecule has 0 unspecified atom stereocenters. The molecule has 0 aliphatic carbocycles. The van der Waals surface area contributed by atoms with Crippen LogP contribution in [0.2, 0.25) is 0 Å². The number of fused-ring (bicyclic) bond motifs is 1. The van der Waals surface area contributed by atoms with E-state index in [-0.39, 0.29) is 29.9 Å². The monoisotopic (exact) mass is 378 g/mol. The Morgan fingerprint density at radius 2 is 1.96 bits per heavy atom. The van der Waals surface area contributed by atoms with Gasteiger partial charge in [-0.25, -0.2) is 0 Å². The molecule has 6 heteroatoms. The van der Waals surface area contributed by atoms with Crippen LogP contribution in [0.5, 0.6) is 5.75 Å². The van der Waals surface area contributed by atoms with Crippen molar-refractivity contribution in [3.05, 3.63) is 76.2 Å². The van der Waals surface area contributed by atoms with Crippen LogP contribution < -0.4 is 10.6 Å². The number of hydrogen-bond acceptors (Lipinski definition) is 4. The predicted octanol–water partition coefficient (Wildman–Crippen LogP) is 4.49. The zero-order chi connectivity index (χ0) is 19.0. The number of amides is 2. The van der Waals surface area contributed by atoms with Crippen molar-refractivity contribution in [3.63, 3.8) is 0 Å². The van der Waals surface area contributed by atoms with Gasteiger partial charge < -0.3 is 15.7 Å². The summed E-state index contributed by atoms with van der Waals surface area (Å²) in [5, 5.41) is 16.3. The molecular formula is C21H18N2O3S. The van der Waals surface area contributed by atoms with Crippen LogP contribution >= 0.6 is 11.3 Å². The normalized spacial score (nSPS) is 15.7. The van der Waals surface area contributed by atoms with Crippen LogP contribution in [0.25, 0.3) is 0 Å². The summed E-state index contributed by atoms with van der Waals surface area (Å²) in [6.45, 7) is 1.91. The summed E-state index contributed by atoms with van der Waals surface area (Å²) in [5.74, 6) is -0.306. The molecule has 2 heterocycles. The van der Waals surface area contributed by atoms with Gasteiger partial charge in [0.15, 0.2) is 0 Å². The van der Waals surface area contributed by atoms with Gasteiger partial charge in [-0.3, -0.25) is 9.59 Å². The molecule has 5 nitrogen and oxygen atoms in total. The fraction of sp³-hybridized carbons (Fsp3) is 0.143. The fourth-order valence-corrected chi connectivity index (χ4v) is 4.64. The summed E-state index contributed by atoms with van der Waals surface area (Å²) in [4.78, 5) is 25.6. The standard InChI is InChI=1S/C21H18N2O3S/c1-12-18-16(13-6-5-9-15(24)10-13)11-17(25)23-21(18)27-19(12)20(26)22-14-7-3-2-4-8-14/h2-10,16,24H,11H2,1H3,(H,22,26)(H,23,25)/t16-/m0/s1. The number of carbonyl (C=O) groups excluding carboxylic acids is 2. The van der Waals surface area contributed by atoms with Crippen molar-refractivity contribution < 1.29 is 14.7 Å². The average molecular weight is 378 g/mol. The summed E-state index contributed by atoms with van der Waals surface area (Å²) in [6, 6.07) is 16.2. The van der Waals surface area contributed by atoms with Crippen LogP contribution in [0.3, 0.4) is 0 Å². The molecule has 2 amide bonds. The Morgan fingerprint density at radius 1 is 1.19 bits per heavy atom. The molecule has 27 heavy (non-hydrogen) atoms. The Bertz CT molecular complexity index is 1030. The largest absolute Gasteiger partial charge is 0.508 e. The molecule has 0 fully saturated rings. The lowest BCUT2D eigenvalue weighted by atomic mass is 9.85. The molecule has 0 saturated carbocycles. The van der Waals surface area contributed by atoms with E-state index in [9.17, 15) is 14.7 Å². The first-order valence-corrected chi connectivity index (χ1v) is 9.43. The number of thiophene rings is 1. The third kappa shape index (κ3) is 3.31. The molecule has 1 atom stereocenters. The van der Waals surface area contributed by atoms with Crippen molar-refractivity contribution >= 4 is 33.8 Å². The number of phenolic OH excluding ortho intramolecular Hbond substituents is 1. The second kappa shape index (κ2) is 6.89. The summed E-state index contributed by atoms with van der Waals surface area (Å²) in [6.07, 6.45) is 0.285. The van der Waals surface area contributed by atoms with E-state index in [0.717, 1.165) is 22.4 Å². The molecule has 0 saturated heterocycles. The summed E-state index contributed by atoms with van der Waals surface area (Å²) in [7, 11) is 0. The lowest BCUT2D eigenvalue weighted by molar-refractivity contribution is -0.116. The maximum atomic E-state index is 12.8. The molecule has 3 N–H and O–H groups in total. The Labute approximate surface area is 160 Å². The van der Waals surface area contributed by atoms with E-state index in [0.29, 0.717) is 9.88 Å². The lowest BCUT2D eigenvalue weighted by Gasteiger charge is -2.24. The van der Waals surface area contributed by atoms with E-state index in [2.05, 4.69) is 10.6 Å². The van der Waals surface area contributed by atoms with E-state index in [4.69, 9.17) is 0 Å². The minimum atomic E-state index is -0.193. The van der Waals surface area contributed by atoms with E-state index in [1.807, 2.05) is 43.3 Å². The van der Waals surface area contributed by atoms with Gasteiger partial charge in [0.2, 0.25) is 5.91 Å². The van der Waals surface area contributed by atoms with Gasteiger partial charge in [0.05, 0.1) is 9.88 Å². The quantitative estimate of drug-likeness (QED) is 0.628. The van der Waals surface area contributed by atoms with Crippen molar-refractivity contribution in [2.75, 3.05) is 10.6 Å². The number of carbonyl (C=O) groups is 2. The highest BCUT2D eigenvalue weighted by Gasteiger charge is 2.33. The van der Waals surface area contributed by atoms with Gasteiger partial charge in [-0.2, -0.15) is 0 Å². The van der Waals surface area contributed by atoms with Crippen LogP contribution in [-0.2, 0) is 4.79 Å². The number of anilines is 2. The third-order valence-corrected chi connectivity index (χ3v) is 5.92.